The molecule has 0 fully saturated rings. The molecule has 0 spiro atoms. The van der Waals surface area contributed by atoms with E-state index in [1.807, 2.05) is 0 Å². The molecule has 45 heavy (non-hydrogen) atoms. The minimum absolute atomic E-state index is 0.464. The molecular formula is C44H90O. The second-order valence-electron chi connectivity index (χ2n) is 15.2. The maximum atomic E-state index is 6.11. The van der Waals surface area contributed by atoms with Gasteiger partial charge in [-0.3, -0.25) is 0 Å². The van der Waals surface area contributed by atoms with E-state index in [4.69, 9.17) is 4.74 Å². The first-order valence-electron chi connectivity index (χ1n) is 21.9. The second kappa shape index (κ2) is 42.0. The molecule has 0 aromatic carbocycles. The van der Waals surface area contributed by atoms with Gasteiger partial charge in [0.05, 0.1) is 6.10 Å². The molecule has 0 rings (SSSR count). The summed E-state index contributed by atoms with van der Waals surface area (Å²) >= 11 is 0. The van der Waals surface area contributed by atoms with Crippen molar-refractivity contribution in [1.82, 2.24) is 0 Å². The lowest BCUT2D eigenvalue weighted by molar-refractivity contribution is 0.0557. The molecule has 272 valence electrons. The monoisotopic (exact) mass is 635 g/mol. The highest BCUT2D eigenvalue weighted by Gasteiger charge is 2.02. The van der Waals surface area contributed by atoms with Crippen molar-refractivity contribution in [2.45, 2.75) is 277 Å². The highest BCUT2D eigenvalue weighted by atomic mass is 16.5. The summed E-state index contributed by atoms with van der Waals surface area (Å²) in [4.78, 5) is 0. The van der Waals surface area contributed by atoms with Crippen LogP contribution in [0, 0.1) is 0 Å². The van der Waals surface area contributed by atoms with Gasteiger partial charge in [-0.1, -0.05) is 251 Å². The highest BCUT2D eigenvalue weighted by Crippen LogP contribution is 2.17. The Bertz CT molecular complexity index is 487. The van der Waals surface area contributed by atoms with Crippen molar-refractivity contribution >= 4 is 0 Å². The molecule has 0 aromatic rings. The fourth-order valence-electron chi connectivity index (χ4n) is 7.06. The van der Waals surface area contributed by atoms with Gasteiger partial charge < -0.3 is 4.74 Å². The zero-order chi connectivity index (χ0) is 32.6. The third-order valence-electron chi connectivity index (χ3n) is 10.4. The normalized spacial score (nSPS) is 12.3. The predicted octanol–water partition coefficient (Wildman–Crippen LogP) is 16.6. The van der Waals surface area contributed by atoms with Crippen molar-refractivity contribution in [2.75, 3.05) is 6.61 Å². The Morgan fingerprint density at radius 2 is 0.467 bits per heavy atom. The number of rotatable bonds is 41. The van der Waals surface area contributed by atoms with E-state index in [0.717, 1.165) is 6.61 Å². The van der Waals surface area contributed by atoms with Gasteiger partial charge in [0.15, 0.2) is 0 Å². The Morgan fingerprint density at radius 3 is 0.711 bits per heavy atom. The van der Waals surface area contributed by atoms with Crippen LogP contribution in [0.3, 0.4) is 0 Å². The smallest absolute Gasteiger partial charge is 0.0547 e. The number of hydrogen-bond acceptors (Lipinski definition) is 1. The van der Waals surface area contributed by atoms with Crippen LogP contribution < -0.4 is 0 Å². The second-order valence-corrected chi connectivity index (χ2v) is 15.2. The summed E-state index contributed by atoms with van der Waals surface area (Å²) in [5.41, 5.74) is 0. The van der Waals surface area contributed by atoms with Crippen molar-refractivity contribution in [3.63, 3.8) is 0 Å². The van der Waals surface area contributed by atoms with Crippen LogP contribution in [0.15, 0.2) is 0 Å². The van der Waals surface area contributed by atoms with Crippen LogP contribution in [0.2, 0.25) is 0 Å². The largest absolute Gasteiger partial charge is 0.379 e. The first-order valence-corrected chi connectivity index (χ1v) is 21.9. The van der Waals surface area contributed by atoms with Crippen molar-refractivity contribution in [1.29, 1.82) is 0 Å². The fraction of sp³-hybridized carbons (Fsp3) is 1.00. The lowest BCUT2D eigenvalue weighted by atomic mass is 10.0. The lowest BCUT2D eigenvalue weighted by Crippen LogP contribution is -2.09. The summed E-state index contributed by atoms with van der Waals surface area (Å²) in [5.74, 6) is 0. The van der Waals surface area contributed by atoms with E-state index in [9.17, 15) is 0 Å². The Hall–Kier alpha value is -0.0400. The SMILES string of the molecule is CCCCCCCCCCCCCCCCCCCCCCCCOC(C)CCCCCCCCCCCCCCCCCC. The van der Waals surface area contributed by atoms with Crippen molar-refractivity contribution in [3.8, 4) is 0 Å². The Labute approximate surface area is 288 Å². The number of hydrogen-bond donors (Lipinski definition) is 0. The summed E-state index contributed by atoms with van der Waals surface area (Å²) in [5, 5.41) is 0. The van der Waals surface area contributed by atoms with Gasteiger partial charge in [-0.25, -0.2) is 0 Å². The van der Waals surface area contributed by atoms with E-state index < -0.39 is 0 Å². The Kier molecular flexibility index (Phi) is 41.9. The molecular weight excluding hydrogens is 544 g/mol. The molecule has 0 N–H and O–H groups in total. The maximum absolute atomic E-state index is 6.11. The maximum Gasteiger partial charge on any atom is 0.0547 e. The third-order valence-corrected chi connectivity index (χ3v) is 10.4. The van der Waals surface area contributed by atoms with Crippen LogP contribution in [-0.4, -0.2) is 12.7 Å². The molecule has 1 atom stereocenters. The van der Waals surface area contributed by atoms with E-state index in [-0.39, 0.29) is 0 Å². The van der Waals surface area contributed by atoms with Crippen LogP contribution in [-0.2, 0) is 4.74 Å². The lowest BCUT2D eigenvalue weighted by Gasteiger charge is -2.13. The van der Waals surface area contributed by atoms with Crippen LogP contribution in [0.25, 0.3) is 0 Å². The summed E-state index contributed by atoms with van der Waals surface area (Å²) in [7, 11) is 0. The third kappa shape index (κ3) is 41.9. The Balaban J connectivity index is 3.13. The van der Waals surface area contributed by atoms with Crippen LogP contribution in [0.4, 0.5) is 0 Å². The molecule has 0 bridgehead atoms. The predicted molar refractivity (Wildman–Crippen MR) is 207 cm³/mol. The van der Waals surface area contributed by atoms with E-state index in [1.54, 1.807) is 0 Å². The summed E-state index contributed by atoms with van der Waals surface area (Å²) in [6.07, 6.45) is 56.8. The van der Waals surface area contributed by atoms with Gasteiger partial charge in [0.1, 0.15) is 0 Å². The van der Waals surface area contributed by atoms with Gasteiger partial charge in [0.25, 0.3) is 0 Å². The van der Waals surface area contributed by atoms with Crippen LogP contribution in [0.5, 0.6) is 0 Å². The minimum atomic E-state index is 0.464. The van der Waals surface area contributed by atoms with Gasteiger partial charge in [-0.15, -0.1) is 0 Å². The molecule has 1 nitrogen and oxygen atoms in total. The van der Waals surface area contributed by atoms with Crippen molar-refractivity contribution in [2.24, 2.45) is 0 Å². The average Bonchev–Trinajstić information content (AvgIpc) is 3.05. The first-order chi connectivity index (χ1) is 22.3. The van der Waals surface area contributed by atoms with E-state index in [2.05, 4.69) is 20.8 Å². The fourth-order valence-corrected chi connectivity index (χ4v) is 7.06. The molecule has 0 saturated heterocycles. The Morgan fingerprint density at radius 1 is 0.267 bits per heavy atom. The zero-order valence-corrected chi connectivity index (χ0v) is 32.3. The zero-order valence-electron chi connectivity index (χ0n) is 32.3. The number of unbranched alkanes of at least 4 members (excludes halogenated alkanes) is 36. The molecule has 1 unspecified atom stereocenters. The molecule has 0 aromatic heterocycles. The van der Waals surface area contributed by atoms with E-state index in [0.29, 0.717) is 6.10 Å². The molecule has 0 aliphatic heterocycles. The summed E-state index contributed by atoms with van der Waals surface area (Å²) in [6.45, 7) is 7.89. The molecule has 0 amide bonds. The van der Waals surface area contributed by atoms with Crippen LogP contribution in [0.1, 0.15) is 271 Å². The van der Waals surface area contributed by atoms with Crippen molar-refractivity contribution < 1.29 is 4.74 Å². The quantitative estimate of drug-likeness (QED) is 0.0608. The first kappa shape index (κ1) is 45.0. The van der Waals surface area contributed by atoms with Gasteiger partial charge in [-0.05, 0) is 19.8 Å². The summed E-state index contributed by atoms with van der Waals surface area (Å²) in [6, 6.07) is 0. The average molecular weight is 635 g/mol. The molecule has 0 heterocycles. The highest BCUT2D eigenvalue weighted by molar-refractivity contribution is 4.55. The van der Waals surface area contributed by atoms with Gasteiger partial charge >= 0.3 is 0 Å². The van der Waals surface area contributed by atoms with Crippen LogP contribution >= 0.6 is 0 Å². The van der Waals surface area contributed by atoms with E-state index in [1.165, 1.54) is 250 Å². The molecule has 0 aliphatic carbocycles. The van der Waals surface area contributed by atoms with Gasteiger partial charge in [0, 0.05) is 6.61 Å². The molecule has 0 saturated carbocycles. The topological polar surface area (TPSA) is 9.23 Å². The van der Waals surface area contributed by atoms with E-state index >= 15 is 0 Å². The minimum Gasteiger partial charge on any atom is -0.379 e. The molecule has 1 heteroatoms. The molecule has 0 aliphatic rings. The standard InChI is InChI=1S/C44H90O/c1-4-6-8-10-12-14-16-18-20-22-23-24-25-26-27-29-31-33-35-37-39-41-43-45-44(3)42-40-38-36-34-32-30-28-21-19-17-15-13-11-9-7-5-2/h44H,4-43H2,1-3H3. The van der Waals surface area contributed by atoms with Gasteiger partial charge in [-0.2, -0.15) is 0 Å². The number of ether oxygens (including phenoxy) is 1. The van der Waals surface area contributed by atoms with Gasteiger partial charge in [0.2, 0.25) is 0 Å². The summed E-state index contributed by atoms with van der Waals surface area (Å²) < 4.78 is 6.11. The van der Waals surface area contributed by atoms with Crippen molar-refractivity contribution in [3.05, 3.63) is 0 Å². The molecule has 0 radical (unpaired) electrons.